The first-order valence-electron chi connectivity index (χ1n) is 7.36. The fourth-order valence-corrected chi connectivity index (χ4v) is 2.97. The first-order chi connectivity index (χ1) is 11.4. The zero-order valence-corrected chi connectivity index (χ0v) is 14.1. The number of amides is 1. The van der Waals surface area contributed by atoms with Crippen LogP contribution in [0.5, 0.6) is 0 Å². The van der Waals surface area contributed by atoms with E-state index in [-0.39, 0.29) is 17.4 Å². The van der Waals surface area contributed by atoms with Crippen molar-refractivity contribution in [3.8, 4) is 0 Å². The van der Waals surface area contributed by atoms with Crippen molar-refractivity contribution in [2.75, 3.05) is 6.61 Å². The molecule has 24 heavy (non-hydrogen) atoms. The van der Waals surface area contributed by atoms with Gasteiger partial charge in [0.05, 0.1) is 4.90 Å². The van der Waals surface area contributed by atoms with Gasteiger partial charge in [0.25, 0.3) is 10.0 Å². The second-order valence-corrected chi connectivity index (χ2v) is 6.95. The van der Waals surface area contributed by atoms with Crippen LogP contribution in [-0.4, -0.2) is 21.1 Å². The fourth-order valence-electron chi connectivity index (χ4n) is 2.08. The summed E-state index contributed by atoms with van der Waals surface area (Å²) < 4.78 is 31.1. The second kappa shape index (κ2) is 7.79. The lowest BCUT2D eigenvalue weighted by Gasteiger charge is -2.14. The molecule has 0 fully saturated rings. The molecule has 0 aliphatic heterocycles. The van der Waals surface area contributed by atoms with Crippen molar-refractivity contribution in [3.63, 3.8) is 0 Å². The molecule has 2 aromatic rings. The standard InChI is InChI=1S/C18H19NO4S/c1-3-15(16-7-5-4-6-8-16)13-23-18(20)19-24(21,22)17-11-9-14(2)10-12-17/h3-12,15H,1,13H2,2H3,(H,19,20)/t15-/m1/s1. The summed E-state index contributed by atoms with van der Waals surface area (Å²) in [5, 5.41) is 0. The molecule has 2 aromatic carbocycles. The zero-order valence-electron chi connectivity index (χ0n) is 13.3. The Balaban J connectivity index is 1.97. The summed E-state index contributed by atoms with van der Waals surface area (Å²) >= 11 is 0. The smallest absolute Gasteiger partial charge is 0.421 e. The summed E-state index contributed by atoms with van der Waals surface area (Å²) in [6, 6.07) is 15.6. The molecule has 0 saturated heterocycles. The summed E-state index contributed by atoms with van der Waals surface area (Å²) in [4.78, 5) is 11.8. The van der Waals surface area contributed by atoms with Crippen LogP contribution in [-0.2, 0) is 14.8 Å². The third kappa shape index (κ3) is 4.70. The molecule has 1 N–H and O–H groups in total. The van der Waals surface area contributed by atoms with Crippen LogP contribution in [0.2, 0.25) is 0 Å². The Morgan fingerprint density at radius 2 is 1.79 bits per heavy atom. The normalized spacial score (nSPS) is 12.2. The van der Waals surface area contributed by atoms with Crippen LogP contribution in [0.3, 0.4) is 0 Å². The largest absolute Gasteiger partial charge is 0.448 e. The van der Waals surface area contributed by atoms with Gasteiger partial charge in [0.15, 0.2) is 0 Å². The number of rotatable bonds is 6. The van der Waals surface area contributed by atoms with Gasteiger partial charge in [-0.15, -0.1) is 6.58 Å². The maximum Gasteiger partial charge on any atom is 0.421 e. The fraction of sp³-hybridized carbons (Fsp3) is 0.167. The van der Waals surface area contributed by atoms with E-state index in [1.54, 1.807) is 18.2 Å². The van der Waals surface area contributed by atoms with E-state index in [1.165, 1.54) is 12.1 Å². The molecule has 0 radical (unpaired) electrons. The Morgan fingerprint density at radius 1 is 1.17 bits per heavy atom. The second-order valence-electron chi connectivity index (χ2n) is 5.27. The van der Waals surface area contributed by atoms with Crippen LogP contribution >= 0.6 is 0 Å². The molecule has 1 amide bonds. The monoisotopic (exact) mass is 345 g/mol. The van der Waals surface area contributed by atoms with E-state index >= 15 is 0 Å². The third-order valence-electron chi connectivity index (χ3n) is 3.46. The summed E-state index contributed by atoms with van der Waals surface area (Å²) in [5.41, 5.74) is 1.86. The van der Waals surface area contributed by atoms with E-state index in [1.807, 2.05) is 42.0 Å². The molecule has 0 aliphatic rings. The molecular formula is C18H19NO4S. The lowest BCUT2D eigenvalue weighted by Crippen LogP contribution is -2.32. The van der Waals surface area contributed by atoms with Gasteiger partial charge in [0.1, 0.15) is 6.61 Å². The van der Waals surface area contributed by atoms with Gasteiger partial charge in [0, 0.05) is 5.92 Å². The maximum absolute atomic E-state index is 12.1. The van der Waals surface area contributed by atoms with Crippen molar-refractivity contribution in [3.05, 3.63) is 78.4 Å². The van der Waals surface area contributed by atoms with Gasteiger partial charge in [-0.2, -0.15) is 0 Å². The van der Waals surface area contributed by atoms with E-state index in [4.69, 9.17) is 4.74 Å². The van der Waals surface area contributed by atoms with E-state index in [9.17, 15) is 13.2 Å². The van der Waals surface area contributed by atoms with Gasteiger partial charge in [0.2, 0.25) is 0 Å². The molecule has 5 nitrogen and oxygen atoms in total. The highest BCUT2D eigenvalue weighted by atomic mass is 32.2. The number of ether oxygens (including phenoxy) is 1. The van der Waals surface area contributed by atoms with Gasteiger partial charge < -0.3 is 4.74 Å². The predicted octanol–water partition coefficient (Wildman–Crippen LogP) is 3.38. The molecule has 126 valence electrons. The lowest BCUT2D eigenvalue weighted by atomic mass is 10.0. The Labute approximate surface area is 142 Å². The number of sulfonamides is 1. The number of nitrogens with one attached hydrogen (secondary N) is 1. The Morgan fingerprint density at radius 3 is 2.38 bits per heavy atom. The van der Waals surface area contributed by atoms with Crippen molar-refractivity contribution in [1.29, 1.82) is 0 Å². The van der Waals surface area contributed by atoms with Crippen molar-refractivity contribution in [2.45, 2.75) is 17.7 Å². The number of aryl methyl sites for hydroxylation is 1. The minimum Gasteiger partial charge on any atom is -0.448 e. The van der Waals surface area contributed by atoms with E-state index < -0.39 is 16.1 Å². The highest BCUT2D eigenvalue weighted by molar-refractivity contribution is 7.90. The molecule has 0 spiro atoms. The molecule has 0 aliphatic carbocycles. The quantitative estimate of drug-likeness (QED) is 0.815. The van der Waals surface area contributed by atoms with Crippen LogP contribution in [0.25, 0.3) is 0 Å². The van der Waals surface area contributed by atoms with Crippen LogP contribution < -0.4 is 4.72 Å². The van der Waals surface area contributed by atoms with E-state index in [0.29, 0.717) is 0 Å². The minimum absolute atomic E-state index is 0.00274. The van der Waals surface area contributed by atoms with Crippen molar-refractivity contribution < 1.29 is 17.9 Å². The number of hydrogen-bond donors (Lipinski definition) is 1. The Hall–Kier alpha value is -2.60. The Bertz CT molecular complexity index is 799. The highest BCUT2D eigenvalue weighted by Gasteiger charge is 2.19. The Kier molecular flexibility index (Phi) is 5.76. The number of carbonyl (C=O) groups is 1. The molecule has 0 bridgehead atoms. The third-order valence-corrected chi connectivity index (χ3v) is 4.78. The van der Waals surface area contributed by atoms with Gasteiger partial charge in [-0.1, -0.05) is 54.1 Å². The van der Waals surface area contributed by atoms with Crippen molar-refractivity contribution in [1.82, 2.24) is 4.72 Å². The van der Waals surface area contributed by atoms with Gasteiger partial charge >= 0.3 is 6.09 Å². The minimum atomic E-state index is -3.95. The molecule has 0 heterocycles. The van der Waals surface area contributed by atoms with Crippen LogP contribution in [0.15, 0.2) is 72.1 Å². The predicted molar refractivity (Wildman–Crippen MR) is 92.2 cm³/mol. The first kappa shape index (κ1) is 17.7. The number of hydrogen-bond acceptors (Lipinski definition) is 4. The van der Waals surface area contributed by atoms with E-state index in [2.05, 4.69) is 6.58 Å². The number of carbonyl (C=O) groups excluding carboxylic acids is 1. The molecule has 0 aromatic heterocycles. The molecular weight excluding hydrogens is 326 g/mol. The van der Waals surface area contributed by atoms with E-state index in [0.717, 1.165) is 11.1 Å². The van der Waals surface area contributed by atoms with Gasteiger partial charge in [-0.05, 0) is 24.6 Å². The summed E-state index contributed by atoms with van der Waals surface area (Å²) in [7, 11) is -3.95. The van der Waals surface area contributed by atoms with Gasteiger partial charge in [-0.3, -0.25) is 0 Å². The molecule has 1 atom stereocenters. The van der Waals surface area contributed by atoms with Crippen molar-refractivity contribution in [2.24, 2.45) is 0 Å². The topological polar surface area (TPSA) is 72.5 Å². The van der Waals surface area contributed by atoms with Crippen LogP contribution in [0.4, 0.5) is 4.79 Å². The van der Waals surface area contributed by atoms with Crippen molar-refractivity contribution >= 4 is 16.1 Å². The summed E-state index contributed by atoms with van der Waals surface area (Å²) in [6.07, 6.45) is 0.634. The average Bonchev–Trinajstić information content (AvgIpc) is 2.56. The molecule has 0 saturated carbocycles. The first-order valence-corrected chi connectivity index (χ1v) is 8.84. The number of benzene rings is 2. The van der Waals surface area contributed by atoms with Crippen LogP contribution in [0, 0.1) is 6.92 Å². The molecule has 2 rings (SSSR count). The zero-order chi connectivity index (χ0) is 17.6. The maximum atomic E-state index is 12.1. The average molecular weight is 345 g/mol. The summed E-state index contributed by atoms with van der Waals surface area (Å²) in [5.74, 6) is -0.209. The molecule has 6 heteroatoms. The summed E-state index contributed by atoms with van der Waals surface area (Å²) in [6.45, 7) is 5.56. The highest BCUT2D eigenvalue weighted by Crippen LogP contribution is 2.17. The SMILES string of the molecule is C=C[C@H](COC(=O)NS(=O)(=O)c1ccc(C)cc1)c1ccccc1. The van der Waals surface area contributed by atoms with Gasteiger partial charge in [-0.25, -0.2) is 17.9 Å². The molecule has 0 unspecified atom stereocenters. The lowest BCUT2D eigenvalue weighted by molar-refractivity contribution is 0.149. The van der Waals surface area contributed by atoms with Crippen LogP contribution in [0.1, 0.15) is 17.0 Å².